The summed E-state index contributed by atoms with van der Waals surface area (Å²) < 4.78 is 57.8. The maximum atomic E-state index is 13.1. The number of carboxylic acid groups (broad SMARTS) is 1. The molecule has 32 heavy (non-hydrogen) atoms. The number of carbonyl (C=O) groups is 2. The smallest absolute Gasteiger partial charge is 0.475 e. The first-order chi connectivity index (χ1) is 14.6. The minimum atomic E-state index is -5.08. The Morgan fingerprint density at radius 2 is 1.62 bits per heavy atom. The fourth-order valence-corrected chi connectivity index (χ4v) is 6.79. The summed E-state index contributed by atoms with van der Waals surface area (Å²) in [6, 6.07) is 0. The molecule has 1 spiro atoms. The highest BCUT2D eigenvalue weighted by Gasteiger charge is 2.64. The van der Waals surface area contributed by atoms with Gasteiger partial charge in [0, 0.05) is 40.3 Å². The van der Waals surface area contributed by atoms with Crippen LogP contribution in [0.3, 0.4) is 0 Å². The number of sulfonamides is 1. The van der Waals surface area contributed by atoms with E-state index in [1.54, 1.807) is 16.1 Å². The van der Waals surface area contributed by atoms with Gasteiger partial charge in [0.2, 0.25) is 15.9 Å². The van der Waals surface area contributed by atoms with Gasteiger partial charge in [-0.25, -0.2) is 17.5 Å². The molecule has 1 amide bonds. The highest BCUT2D eigenvalue weighted by atomic mass is 32.2. The van der Waals surface area contributed by atoms with Crippen molar-refractivity contribution in [2.75, 3.05) is 52.6 Å². The van der Waals surface area contributed by atoms with Crippen LogP contribution in [0, 0.1) is 16.7 Å². The molecular weight excluding hydrogens is 451 g/mol. The highest BCUT2D eigenvalue weighted by molar-refractivity contribution is 7.89. The fourth-order valence-electron chi connectivity index (χ4n) is 5.69. The largest absolute Gasteiger partial charge is 0.490 e. The Labute approximate surface area is 187 Å². The maximum absolute atomic E-state index is 13.1. The molecule has 3 rings (SSSR count). The van der Waals surface area contributed by atoms with E-state index < -0.39 is 22.2 Å². The van der Waals surface area contributed by atoms with Gasteiger partial charge in [-0.3, -0.25) is 4.79 Å². The van der Waals surface area contributed by atoms with Crippen molar-refractivity contribution in [3.05, 3.63) is 0 Å². The second-order valence-corrected chi connectivity index (χ2v) is 11.5. The topological polar surface area (TPSA) is 98.2 Å². The van der Waals surface area contributed by atoms with Crippen molar-refractivity contribution in [1.82, 2.24) is 14.1 Å². The number of carbonyl (C=O) groups excluding carboxylic acids is 1. The Hall–Kier alpha value is -1.40. The molecule has 0 bridgehead atoms. The summed E-state index contributed by atoms with van der Waals surface area (Å²) >= 11 is 0. The Kier molecular flexibility index (Phi) is 7.93. The van der Waals surface area contributed by atoms with Crippen molar-refractivity contribution in [3.8, 4) is 0 Å². The van der Waals surface area contributed by atoms with E-state index in [-0.39, 0.29) is 22.5 Å². The average molecular weight is 486 g/mol. The number of hydrogen-bond donors (Lipinski definition) is 1. The minimum Gasteiger partial charge on any atom is -0.475 e. The van der Waals surface area contributed by atoms with E-state index in [0.29, 0.717) is 19.0 Å². The molecule has 3 fully saturated rings. The van der Waals surface area contributed by atoms with E-state index in [1.807, 2.05) is 14.1 Å². The van der Waals surface area contributed by atoms with Gasteiger partial charge < -0.3 is 14.9 Å². The van der Waals surface area contributed by atoms with Gasteiger partial charge in [-0.15, -0.1) is 0 Å². The van der Waals surface area contributed by atoms with Gasteiger partial charge in [0.1, 0.15) is 0 Å². The van der Waals surface area contributed by atoms with E-state index in [1.165, 1.54) is 0 Å². The third-order valence-corrected chi connectivity index (χ3v) is 9.30. The summed E-state index contributed by atoms with van der Waals surface area (Å²) in [6.45, 7) is 7.94. The quantitative estimate of drug-likeness (QED) is 0.653. The third-order valence-electron chi connectivity index (χ3n) is 7.42. The number of nitrogens with zero attached hydrogens (tertiary/aromatic N) is 3. The van der Waals surface area contributed by atoms with Crippen LogP contribution in [-0.2, 0) is 19.6 Å². The first-order valence-electron chi connectivity index (χ1n) is 10.9. The number of hydrogen-bond acceptors (Lipinski definition) is 5. The van der Waals surface area contributed by atoms with E-state index in [9.17, 15) is 26.4 Å². The zero-order valence-corrected chi connectivity index (χ0v) is 19.9. The third kappa shape index (κ3) is 5.06. The predicted octanol–water partition coefficient (Wildman–Crippen LogP) is 1.87. The van der Waals surface area contributed by atoms with Gasteiger partial charge in [-0.2, -0.15) is 13.2 Å². The molecule has 0 aromatic rings. The van der Waals surface area contributed by atoms with Crippen LogP contribution < -0.4 is 0 Å². The second-order valence-electron chi connectivity index (χ2n) is 9.20. The second kappa shape index (κ2) is 9.46. The zero-order valence-electron chi connectivity index (χ0n) is 19.1. The Morgan fingerprint density at radius 3 is 2.03 bits per heavy atom. The van der Waals surface area contributed by atoms with E-state index >= 15 is 0 Å². The molecule has 0 unspecified atom stereocenters. The van der Waals surface area contributed by atoms with Crippen LogP contribution in [0.2, 0.25) is 0 Å². The monoisotopic (exact) mass is 485 g/mol. The summed E-state index contributed by atoms with van der Waals surface area (Å²) in [5, 5.41) is 7.12. The standard InChI is InChI=1S/C18H33N3O3S.C2HF3O2/c1-5-20-13-15-17(7-8-18(15,14-20)16(22)19(3)4)9-11-21(12-10-17)25(23,24)6-2;3-2(4,5)1(6)7/h15H,5-14H2,1-4H3;(H,6,7)/t15-,18+;/m0./s1. The summed E-state index contributed by atoms with van der Waals surface area (Å²) in [7, 11) is 0.628. The Morgan fingerprint density at radius 1 is 1.09 bits per heavy atom. The normalized spacial score (nSPS) is 28.2. The molecule has 3 aliphatic rings. The van der Waals surface area contributed by atoms with E-state index in [2.05, 4.69) is 11.8 Å². The van der Waals surface area contributed by atoms with Gasteiger partial charge in [0.05, 0.1) is 11.2 Å². The molecule has 1 N–H and O–H groups in total. The van der Waals surface area contributed by atoms with E-state index in [0.717, 1.165) is 45.3 Å². The van der Waals surface area contributed by atoms with Crippen molar-refractivity contribution in [2.45, 2.75) is 45.7 Å². The number of piperidine rings is 1. The molecule has 8 nitrogen and oxygen atoms in total. The van der Waals surface area contributed by atoms with Crippen LogP contribution in [0.4, 0.5) is 13.2 Å². The Bertz CT molecular complexity index is 810. The summed E-state index contributed by atoms with van der Waals surface area (Å²) in [5.74, 6) is -1.95. The molecule has 0 aromatic carbocycles. The molecule has 0 radical (unpaired) electrons. The van der Waals surface area contributed by atoms with Gasteiger partial charge >= 0.3 is 12.1 Å². The first kappa shape index (κ1) is 26.8. The number of aliphatic carboxylic acids is 1. The first-order valence-corrected chi connectivity index (χ1v) is 12.5. The number of likely N-dealkylation sites (tertiary alicyclic amines) is 1. The summed E-state index contributed by atoms with van der Waals surface area (Å²) in [6.07, 6.45) is -1.27. The van der Waals surface area contributed by atoms with Crippen molar-refractivity contribution >= 4 is 21.9 Å². The SMILES string of the molecule is CCN1C[C@H]2C3(CCN(S(=O)(=O)CC)CC3)CC[C@@]2(C(=O)N(C)C)C1.O=C(O)C(F)(F)F. The molecule has 2 aliphatic heterocycles. The minimum absolute atomic E-state index is 0.134. The highest BCUT2D eigenvalue weighted by Crippen LogP contribution is 2.62. The van der Waals surface area contributed by atoms with Crippen molar-refractivity contribution in [3.63, 3.8) is 0 Å². The number of carboxylic acids is 1. The number of rotatable bonds is 4. The van der Waals surface area contributed by atoms with Crippen LogP contribution in [-0.4, -0.2) is 98.3 Å². The van der Waals surface area contributed by atoms with Gasteiger partial charge in [-0.05, 0) is 50.5 Å². The number of fused-ring (bicyclic) bond motifs is 2. The molecule has 12 heteroatoms. The van der Waals surface area contributed by atoms with Gasteiger partial charge in [-0.1, -0.05) is 6.92 Å². The van der Waals surface area contributed by atoms with Crippen LogP contribution in [0.1, 0.15) is 39.5 Å². The number of amides is 1. The lowest BCUT2D eigenvalue weighted by Crippen LogP contribution is -2.49. The lowest BCUT2D eigenvalue weighted by molar-refractivity contribution is -0.192. The van der Waals surface area contributed by atoms with Crippen LogP contribution in [0.5, 0.6) is 0 Å². The van der Waals surface area contributed by atoms with Crippen molar-refractivity contribution in [2.24, 2.45) is 16.7 Å². The van der Waals surface area contributed by atoms with Gasteiger partial charge in [0.15, 0.2) is 0 Å². The molecule has 2 heterocycles. The number of halogens is 3. The van der Waals surface area contributed by atoms with Gasteiger partial charge in [0.25, 0.3) is 0 Å². The molecule has 2 atom stereocenters. The van der Waals surface area contributed by atoms with Crippen LogP contribution in [0.25, 0.3) is 0 Å². The molecule has 1 aliphatic carbocycles. The molecular formula is C20H34F3N3O5S. The Balaban J connectivity index is 0.000000451. The summed E-state index contributed by atoms with van der Waals surface area (Å²) in [4.78, 5) is 26.2. The molecule has 186 valence electrons. The number of alkyl halides is 3. The predicted molar refractivity (Wildman–Crippen MR) is 112 cm³/mol. The fraction of sp³-hybridized carbons (Fsp3) is 0.900. The molecule has 1 saturated carbocycles. The van der Waals surface area contributed by atoms with Crippen molar-refractivity contribution in [1.29, 1.82) is 0 Å². The van der Waals surface area contributed by atoms with Crippen molar-refractivity contribution < 1.29 is 36.3 Å². The zero-order chi connectivity index (χ0) is 24.5. The maximum Gasteiger partial charge on any atom is 0.490 e. The molecule has 2 saturated heterocycles. The lowest BCUT2D eigenvalue weighted by atomic mass is 9.66. The summed E-state index contributed by atoms with van der Waals surface area (Å²) in [5.41, 5.74) is -0.124. The lowest BCUT2D eigenvalue weighted by Gasteiger charge is -2.44. The average Bonchev–Trinajstić information content (AvgIpc) is 3.24. The van der Waals surface area contributed by atoms with Crippen LogP contribution >= 0.6 is 0 Å². The molecule has 0 aromatic heterocycles. The van der Waals surface area contributed by atoms with Crippen LogP contribution in [0.15, 0.2) is 0 Å². The van der Waals surface area contributed by atoms with E-state index in [4.69, 9.17) is 9.90 Å².